The van der Waals surface area contributed by atoms with Gasteiger partial charge in [-0.2, -0.15) is 0 Å². The number of alkyl halides is 4. The van der Waals surface area contributed by atoms with E-state index in [4.69, 9.17) is 0 Å². The molecule has 1 aliphatic heterocycles. The third-order valence-electron chi connectivity index (χ3n) is 2.42. The topological polar surface area (TPSA) is 32.3 Å². The van der Waals surface area contributed by atoms with Gasteiger partial charge in [-0.25, -0.2) is 17.6 Å². The van der Waals surface area contributed by atoms with Gasteiger partial charge in [0, 0.05) is 6.42 Å². The van der Waals surface area contributed by atoms with Gasteiger partial charge in [-0.15, -0.1) is 0 Å². The summed E-state index contributed by atoms with van der Waals surface area (Å²) in [4.78, 5) is 0. The van der Waals surface area contributed by atoms with Gasteiger partial charge in [0.15, 0.2) is 0 Å². The van der Waals surface area contributed by atoms with Gasteiger partial charge >= 0.3 is 12.3 Å². The van der Waals surface area contributed by atoms with Crippen LogP contribution in [0.15, 0.2) is 0 Å². The van der Waals surface area contributed by atoms with E-state index in [0.717, 1.165) is 0 Å². The van der Waals surface area contributed by atoms with Gasteiger partial charge < -0.3 is 10.4 Å². The zero-order valence-corrected chi connectivity index (χ0v) is 7.57. The zero-order valence-electron chi connectivity index (χ0n) is 7.57. The number of rotatable bonds is 3. The van der Waals surface area contributed by atoms with E-state index in [1.54, 1.807) is 0 Å². The summed E-state index contributed by atoms with van der Waals surface area (Å²) in [6, 6.07) is 0. The highest BCUT2D eigenvalue weighted by Crippen LogP contribution is 2.35. The summed E-state index contributed by atoms with van der Waals surface area (Å²) in [6.07, 6.45) is -4.68. The second kappa shape index (κ2) is 4.02. The molecule has 0 aliphatic carbocycles. The summed E-state index contributed by atoms with van der Waals surface area (Å²) in [5, 5.41) is 12.5. The Morgan fingerprint density at radius 3 is 2.21 bits per heavy atom. The minimum absolute atomic E-state index is 0.0926. The Kier molecular flexibility index (Phi) is 3.36. The molecule has 14 heavy (non-hydrogen) atoms. The lowest BCUT2D eigenvalue weighted by molar-refractivity contribution is -0.172. The largest absolute Gasteiger partial charge is 0.390 e. The van der Waals surface area contributed by atoms with Gasteiger partial charge in [-0.1, -0.05) is 0 Å². The molecule has 0 aromatic rings. The summed E-state index contributed by atoms with van der Waals surface area (Å²) in [5.41, 5.74) is -1.65. The molecule has 2 nitrogen and oxygen atoms in total. The molecule has 0 radical (unpaired) electrons. The van der Waals surface area contributed by atoms with Crippen LogP contribution < -0.4 is 5.32 Å². The van der Waals surface area contributed by atoms with E-state index >= 15 is 0 Å². The van der Waals surface area contributed by atoms with Gasteiger partial charge in [0.25, 0.3) is 0 Å². The van der Waals surface area contributed by atoms with E-state index in [-0.39, 0.29) is 12.8 Å². The zero-order chi connectivity index (χ0) is 10.8. The molecule has 0 spiro atoms. The van der Waals surface area contributed by atoms with Crippen molar-refractivity contribution in [1.82, 2.24) is 5.32 Å². The minimum atomic E-state index is -4.09. The molecule has 1 heterocycles. The highest BCUT2D eigenvalue weighted by molar-refractivity contribution is 4.90. The van der Waals surface area contributed by atoms with E-state index < -0.39 is 24.4 Å². The van der Waals surface area contributed by atoms with E-state index in [1.807, 2.05) is 0 Å². The maximum Gasteiger partial charge on any atom is 0.310 e. The van der Waals surface area contributed by atoms with Crippen molar-refractivity contribution in [2.45, 2.75) is 37.2 Å². The van der Waals surface area contributed by atoms with Crippen LogP contribution in [-0.4, -0.2) is 36.1 Å². The average molecular weight is 215 g/mol. The summed E-state index contributed by atoms with van der Waals surface area (Å²) < 4.78 is 49.0. The molecule has 0 bridgehead atoms. The molecule has 0 aromatic carbocycles. The quantitative estimate of drug-likeness (QED) is 0.697. The van der Waals surface area contributed by atoms with Crippen molar-refractivity contribution in [2.24, 2.45) is 0 Å². The number of aliphatic hydroxyl groups is 1. The molecule has 1 saturated heterocycles. The first-order valence-electron chi connectivity index (χ1n) is 4.45. The molecule has 0 amide bonds. The van der Waals surface area contributed by atoms with Crippen LogP contribution in [0.25, 0.3) is 0 Å². The predicted octanol–water partition coefficient (Wildman–Crippen LogP) is 1.39. The molecule has 6 heteroatoms. The molecular weight excluding hydrogens is 202 g/mol. The van der Waals surface area contributed by atoms with Crippen molar-refractivity contribution >= 4 is 0 Å². The fourth-order valence-electron chi connectivity index (χ4n) is 1.58. The van der Waals surface area contributed by atoms with Crippen molar-refractivity contribution < 1.29 is 22.7 Å². The van der Waals surface area contributed by atoms with Gasteiger partial charge in [0.2, 0.25) is 0 Å². The molecular formula is C8H13F4NO. The van der Waals surface area contributed by atoms with Crippen LogP contribution in [0.5, 0.6) is 0 Å². The van der Waals surface area contributed by atoms with Crippen LogP contribution in [-0.2, 0) is 0 Å². The van der Waals surface area contributed by atoms with Gasteiger partial charge in [0.1, 0.15) is 0 Å². The average Bonchev–Trinajstić information content (AvgIpc) is 2.03. The van der Waals surface area contributed by atoms with Crippen molar-refractivity contribution in [3.63, 3.8) is 0 Å². The van der Waals surface area contributed by atoms with E-state index in [0.29, 0.717) is 13.1 Å². The molecule has 84 valence electrons. The van der Waals surface area contributed by atoms with Crippen molar-refractivity contribution in [3.8, 4) is 0 Å². The third kappa shape index (κ3) is 2.81. The molecule has 0 aromatic heterocycles. The fraction of sp³-hybridized carbons (Fsp3) is 1.00. The molecule has 1 fully saturated rings. The van der Waals surface area contributed by atoms with Gasteiger partial charge in [0.05, 0.1) is 5.60 Å². The first kappa shape index (κ1) is 11.7. The Morgan fingerprint density at radius 2 is 1.79 bits per heavy atom. The normalized spacial score (nSPS) is 22.7. The van der Waals surface area contributed by atoms with Crippen LogP contribution >= 0.6 is 0 Å². The number of piperidine rings is 1. The van der Waals surface area contributed by atoms with Gasteiger partial charge in [-0.05, 0) is 25.9 Å². The Labute approximate surface area is 79.3 Å². The lowest BCUT2D eigenvalue weighted by atomic mass is 9.86. The molecule has 2 N–H and O–H groups in total. The lowest BCUT2D eigenvalue weighted by Gasteiger charge is -2.35. The maximum atomic E-state index is 12.6. The Morgan fingerprint density at radius 1 is 1.29 bits per heavy atom. The second-order valence-electron chi connectivity index (χ2n) is 3.71. The monoisotopic (exact) mass is 215 g/mol. The van der Waals surface area contributed by atoms with Crippen LogP contribution in [0.2, 0.25) is 0 Å². The maximum absolute atomic E-state index is 12.6. The number of nitrogens with one attached hydrogen (secondary N) is 1. The van der Waals surface area contributed by atoms with Gasteiger partial charge in [-0.3, -0.25) is 0 Å². The van der Waals surface area contributed by atoms with E-state index in [2.05, 4.69) is 5.32 Å². The Balaban J connectivity index is 2.56. The summed E-state index contributed by atoms with van der Waals surface area (Å²) in [6.45, 7) is 0.769. The fourth-order valence-corrected chi connectivity index (χ4v) is 1.58. The molecule has 0 unspecified atom stereocenters. The second-order valence-corrected chi connectivity index (χ2v) is 3.71. The SMILES string of the molecule is OC1(CC(F)(F)C(F)F)CCNCC1. The van der Waals surface area contributed by atoms with Crippen LogP contribution in [0, 0.1) is 0 Å². The van der Waals surface area contributed by atoms with E-state index in [1.165, 1.54) is 0 Å². The Bertz CT molecular complexity index is 192. The lowest BCUT2D eigenvalue weighted by Crippen LogP contribution is -2.47. The summed E-state index contributed by atoms with van der Waals surface area (Å²) in [5.74, 6) is -4.09. The first-order valence-corrected chi connectivity index (χ1v) is 4.45. The van der Waals surface area contributed by atoms with Crippen molar-refractivity contribution in [1.29, 1.82) is 0 Å². The van der Waals surface area contributed by atoms with Crippen LogP contribution in [0.1, 0.15) is 19.3 Å². The van der Waals surface area contributed by atoms with Crippen LogP contribution in [0.4, 0.5) is 17.6 Å². The summed E-state index contributed by atoms with van der Waals surface area (Å²) in [7, 11) is 0. The number of halogens is 4. The molecule has 0 atom stereocenters. The number of hydrogen-bond acceptors (Lipinski definition) is 2. The first-order chi connectivity index (χ1) is 6.36. The Hall–Kier alpha value is -0.360. The van der Waals surface area contributed by atoms with Crippen molar-refractivity contribution in [2.75, 3.05) is 13.1 Å². The highest BCUT2D eigenvalue weighted by Gasteiger charge is 2.48. The van der Waals surface area contributed by atoms with E-state index in [9.17, 15) is 22.7 Å². The van der Waals surface area contributed by atoms with Crippen LogP contribution in [0.3, 0.4) is 0 Å². The molecule has 0 saturated carbocycles. The standard InChI is InChI=1S/C8H13F4NO/c9-6(10)8(11,12)5-7(14)1-3-13-4-2-7/h6,13-14H,1-5H2. The molecule has 1 aliphatic rings. The predicted molar refractivity (Wildman–Crippen MR) is 42.6 cm³/mol. The summed E-state index contributed by atoms with van der Waals surface area (Å²) >= 11 is 0. The minimum Gasteiger partial charge on any atom is -0.390 e. The smallest absolute Gasteiger partial charge is 0.310 e. The third-order valence-corrected chi connectivity index (χ3v) is 2.42. The number of hydrogen-bond donors (Lipinski definition) is 2. The molecule has 1 rings (SSSR count). The van der Waals surface area contributed by atoms with Crippen molar-refractivity contribution in [3.05, 3.63) is 0 Å². The highest BCUT2D eigenvalue weighted by atomic mass is 19.3.